The molecule has 4 aromatic heterocycles. The zero-order valence-corrected chi connectivity index (χ0v) is 30.9. The summed E-state index contributed by atoms with van der Waals surface area (Å²) in [5.41, 5.74) is 13.0. The zero-order valence-electron chi connectivity index (χ0n) is 30.1. The lowest BCUT2D eigenvalue weighted by Gasteiger charge is -2.13. The summed E-state index contributed by atoms with van der Waals surface area (Å²) in [6, 6.07) is 61.6. The molecule has 0 radical (unpaired) electrons. The Morgan fingerprint density at radius 2 is 1.09 bits per heavy atom. The number of aromatic nitrogens is 3. The van der Waals surface area contributed by atoms with Crippen LogP contribution in [0.25, 0.3) is 109 Å². The monoisotopic (exact) mass is 733 g/mol. The summed E-state index contributed by atoms with van der Waals surface area (Å²) in [6.07, 6.45) is 3.70. The van der Waals surface area contributed by atoms with Crippen LogP contribution in [0.5, 0.6) is 0 Å². The normalized spacial score (nSPS) is 11.6. The average Bonchev–Trinajstić information content (AvgIpc) is 3.85. The maximum Gasteiger partial charge on any atom is 0.160 e. The van der Waals surface area contributed by atoms with Crippen LogP contribution in [-0.2, 0) is 0 Å². The average molecular weight is 734 g/mol. The molecule has 0 saturated carbocycles. The lowest BCUT2D eigenvalue weighted by atomic mass is 9.94. The first-order valence-corrected chi connectivity index (χ1v) is 19.5. The number of hydrogen-bond donors (Lipinski definition) is 0. The van der Waals surface area contributed by atoms with E-state index in [2.05, 4.69) is 151 Å². The molecular weight excluding hydrogens is 703 g/mol. The van der Waals surface area contributed by atoms with Crippen molar-refractivity contribution >= 4 is 53.4 Å². The van der Waals surface area contributed by atoms with E-state index in [4.69, 9.17) is 14.4 Å². The van der Waals surface area contributed by atoms with E-state index in [-0.39, 0.29) is 0 Å². The highest BCUT2D eigenvalue weighted by atomic mass is 32.1. The minimum atomic E-state index is 0.666. The van der Waals surface area contributed by atoms with Gasteiger partial charge in [0, 0.05) is 71.2 Å². The number of thiophene rings is 1. The Labute approximate surface area is 327 Å². The first-order valence-electron chi connectivity index (χ1n) is 18.7. The minimum Gasteiger partial charge on any atom is -0.455 e. The summed E-state index contributed by atoms with van der Waals surface area (Å²) < 4.78 is 9.27. The van der Waals surface area contributed by atoms with E-state index in [9.17, 15) is 0 Å². The molecule has 4 heterocycles. The minimum absolute atomic E-state index is 0.666. The fraction of sp³-hybridized carbons (Fsp3) is 0. The molecule has 0 aliphatic heterocycles. The number of benzene rings is 7. The lowest BCUT2D eigenvalue weighted by molar-refractivity contribution is 0.670. The fourth-order valence-corrected chi connectivity index (χ4v) is 9.09. The van der Waals surface area contributed by atoms with Gasteiger partial charge in [-0.05, 0) is 58.7 Å². The predicted molar refractivity (Wildman–Crippen MR) is 233 cm³/mol. The van der Waals surface area contributed by atoms with E-state index in [0.717, 1.165) is 83.4 Å². The van der Waals surface area contributed by atoms with Gasteiger partial charge in [0.25, 0.3) is 0 Å². The van der Waals surface area contributed by atoms with Crippen molar-refractivity contribution < 1.29 is 4.42 Å². The maximum atomic E-state index is 6.70. The SMILES string of the molecule is c1ccc(-c2cc(-c3ccccc3-c3cccnc3)nc(-c3ccc(-c4ccc(-c5ccc6c(c5)sc5ccccc56)c5oc6ccccc6c45)cc3)n2)cc1. The highest BCUT2D eigenvalue weighted by Crippen LogP contribution is 2.44. The van der Waals surface area contributed by atoms with Crippen molar-refractivity contribution in [3.05, 3.63) is 188 Å². The Balaban J connectivity index is 1.03. The predicted octanol–water partition coefficient (Wildman–Crippen LogP) is 14.1. The van der Waals surface area contributed by atoms with Gasteiger partial charge in [-0.2, -0.15) is 0 Å². The summed E-state index contributed by atoms with van der Waals surface area (Å²) in [6.45, 7) is 0. The Morgan fingerprint density at radius 3 is 1.95 bits per heavy atom. The van der Waals surface area contributed by atoms with Crippen molar-refractivity contribution in [1.82, 2.24) is 15.0 Å². The third-order valence-electron chi connectivity index (χ3n) is 10.6. The molecule has 5 heteroatoms. The zero-order chi connectivity index (χ0) is 37.0. The first-order chi connectivity index (χ1) is 27.7. The Hall–Kier alpha value is -7.21. The summed E-state index contributed by atoms with van der Waals surface area (Å²) in [5.74, 6) is 0.666. The van der Waals surface area contributed by atoms with Gasteiger partial charge in [0.05, 0.1) is 11.4 Å². The smallest absolute Gasteiger partial charge is 0.160 e. The Kier molecular flexibility index (Phi) is 7.64. The molecule has 11 aromatic rings. The number of hydrogen-bond acceptors (Lipinski definition) is 5. The lowest BCUT2D eigenvalue weighted by Crippen LogP contribution is -1.97. The van der Waals surface area contributed by atoms with Crippen LogP contribution in [-0.4, -0.2) is 15.0 Å². The number of rotatable bonds is 6. The highest BCUT2D eigenvalue weighted by Gasteiger charge is 2.19. The standard InChI is InChI=1S/C51H31N3OS/c1-2-11-33(12-3-1)44-30-45(40-15-5-4-14-37(40)36-13-10-28-52-31-36)54-51(53-44)34-22-20-32(21-23-34)38-26-27-39(50-49(38)43-17-6-8-18-46(43)55-50)35-24-25-42-41-16-7-9-19-47(41)56-48(42)29-35/h1-31H. The van der Waals surface area contributed by atoms with Crippen LogP contribution in [0.4, 0.5) is 0 Å². The summed E-state index contributed by atoms with van der Waals surface area (Å²) in [5, 5.41) is 4.80. The molecule has 0 spiro atoms. The van der Waals surface area contributed by atoms with Gasteiger partial charge >= 0.3 is 0 Å². The van der Waals surface area contributed by atoms with Gasteiger partial charge in [0.1, 0.15) is 11.2 Å². The van der Waals surface area contributed by atoms with Gasteiger partial charge in [-0.1, -0.05) is 140 Å². The van der Waals surface area contributed by atoms with Crippen molar-refractivity contribution in [3.63, 3.8) is 0 Å². The molecule has 0 aliphatic rings. The number of para-hydroxylation sites is 1. The molecule has 0 unspecified atom stereocenters. The van der Waals surface area contributed by atoms with Crippen molar-refractivity contribution in [3.8, 4) is 67.3 Å². The molecule has 0 aliphatic carbocycles. The molecule has 11 rings (SSSR count). The second-order valence-corrected chi connectivity index (χ2v) is 15.0. The molecule has 262 valence electrons. The van der Waals surface area contributed by atoms with Gasteiger partial charge in [-0.15, -0.1) is 11.3 Å². The topological polar surface area (TPSA) is 51.8 Å². The van der Waals surface area contributed by atoms with Crippen LogP contribution in [0.15, 0.2) is 193 Å². The van der Waals surface area contributed by atoms with Gasteiger partial charge < -0.3 is 4.42 Å². The number of furan rings is 1. The molecule has 0 fully saturated rings. The van der Waals surface area contributed by atoms with Crippen LogP contribution >= 0.6 is 11.3 Å². The molecule has 56 heavy (non-hydrogen) atoms. The molecule has 0 atom stereocenters. The third-order valence-corrected chi connectivity index (χ3v) is 11.8. The molecule has 4 nitrogen and oxygen atoms in total. The maximum absolute atomic E-state index is 6.70. The van der Waals surface area contributed by atoms with Crippen LogP contribution in [0.3, 0.4) is 0 Å². The third kappa shape index (κ3) is 5.48. The fourth-order valence-electron chi connectivity index (χ4n) is 7.94. The van der Waals surface area contributed by atoms with Gasteiger partial charge in [-0.25, -0.2) is 9.97 Å². The Morgan fingerprint density at radius 1 is 0.411 bits per heavy atom. The summed E-state index contributed by atoms with van der Waals surface area (Å²) in [7, 11) is 0. The van der Waals surface area contributed by atoms with E-state index in [0.29, 0.717) is 5.82 Å². The van der Waals surface area contributed by atoms with Crippen molar-refractivity contribution in [2.45, 2.75) is 0 Å². The largest absolute Gasteiger partial charge is 0.455 e. The van der Waals surface area contributed by atoms with Crippen molar-refractivity contribution in [2.75, 3.05) is 0 Å². The van der Waals surface area contributed by atoms with Crippen molar-refractivity contribution in [1.29, 1.82) is 0 Å². The first kappa shape index (κ1) is 32.2. The van der Waals surface area contributed by atoms with E-state index in [1.54, 1.807) is 6.20 Å². The van der Waals surface area contributed by atoms with Crippen LogP contribution in [0.2, 0.25) is 0 Å². The summed E-state index contributed by atoms with van der Waals surface area (Å²) >= 11 is 1.84. The number of nitrogens with zero attached hydrogens (tertiary/aromatic N) is 3. The second-order valence-electron chi connectivity index (χ2n) is 14.0. The number of pyridine rings is 1. The second kappa shape index (κ2) is 13.3. The quantitative estimate of drug-likeness (QED) is 0.171. The molecule has 0 amide bonds. The molecule has 0 bridgehead atoms. The molecule has 7 aromatic carbocycles. The number of fused-ring (bicyclic) bond motifs is 6. The summed E-state index contributed by atoms with van der Waals surface area (Å²) in [4.78, 5) is 14.7. The Bertz CT molecular complexity index is 3240. The van der Waals surface area contributed by atoms with Crippen LogP contribution in [0.1, 0.15) is 0 Å². The van der Waals surface area contributed by atoms with Crippen molar-refractivity contribution in [2.24, 2.45) is 0 Å². The van der Waals surface area contributed by atoms with E-state index >= 15 is 0 Å². The van der Waals surface area contributed by atoms with Gasteiger partial charge in [-0.3, -0.25) is 4.98 Å². The molecule has 0 N–H and O–H groups in total. The molecule has 0 saturated heterocycles. The van der Waals surface area contributed by atoms with Gasteiger partial charge in [0.2, 0.25) is 0 Å². The highest BCUT2D eigenvalue weighted by molar-refractivity contribution is 7.25. The van der Waals surface area contributed by atoms with E-state index in [1.165, 1.54) is 20.2 Å². The van der Waals surface area contributed by atoms with Crippen LogP contribution < -0.4 is 0 Å². The van der Waals surface area contributed by atoms with E-state index < -0.39 is 0 Å². The van der Waals surface area contributed by atoms with E-state index in [1.807, 2.05) is 47.9 Å². The van der Waals surface area contributed by atoms with Crippen LogP contribution in [0, 0.1) is 0 Å². The molecular formula is C51H31N3OS. The van der Waals surface area contributed by atoms with Gasteiger partial charge in [0.15, 0.2) is 5.82 Å².